The zero-order chi connectivity index (χ0) is 17.2. The lowest BCUT2D eigenvalue weighted by Crippen LogP contribution is -2.00. The first kappa shape index (κ1) is 15.5. The largest absolute Gasteiger partial charge is 0.337 e. The number of nitrogens with zero attached hydrogens (tertiary/aromatic N) is 2. The van der Waals surface area contributed by atoms with Gasteiger partial charge in [0.1, 0.15) is 11.6 Å². The van der Waals surface area contributed by atoms with Crippen molar-refractivity contribution in [2.75, 3.05) is 5.32 Å². The Morgan fingerprint density at radius 2 is 1.60 bits per heavy atom. The summed E-state index contributed by atoms with van der Waals surface area (Å²) in [5.41, 5.74) is 1.93. The lowest BCUT2D eigenvalue weighted by molar-refractivity contribution is 0.632. The van der Waals surface area contributed by atoms with Crippen LogP contribution in [0.2, 0.25) is 5.02 Å². The minimum Gasteiger partial charge on any atom is -0.337 e. The average Bonchev–Trinajstić information content (AvgIpc) is 2.64. The van der Waals surface area contributed by atoms with Gasteiger partial charge < -0.3 is 5.32 Å². The molecule has 0 bridgehead atoms. The Morgan fingerprint density at radius 3 is 2.40 bits per heavy atom. The van der Waals surface area contributed by atoms with Gasteiger partial charge in [-0.2, -0.15) is 0 Å². The zero-order valence-corrected chi connectivity index (χ0v) is 13.8. The Kier molecular flexibility index (Phi) is 4.04. The summed E-state index contributed by atoms with van der Waals surface area (Å²) in [6.07, 6.45) is 0. The van der Waals surface area contributed by atoms with Crippen LogP contribution in [0.15, 0.2) is 72.8 Å². The number of halogens is 2. The number of nitrogens with one attached hydrogen (secondary N) is 1. The highest BCUT2D eigenvalue weighted by molar-refractivity contribution is 6.31. The molecule has 4 aromatic rings. The van der Waals surface area contributed by atoms with E-state index in [1.807, 2.05) is 36.4 Å². The molecule has 1 aromatic heterocycles. The van der Waals surface area contributed by atoms with Gasteiger partial charge in [-0.15, -0.1) is 0 Å². The van der Waals surface area contributed by atoms with Gasteiger partial charge in [-0.3, -0.25) is 0 Å². The molecule has 122 valence electrons. The van der Waals surface area contributed by atoms with Crippen LogP contribution in [-0.2, 0) is 0 Å². The van der Waals surface area contributed by atoms with Gasteiger partial charge in [0.2, 0.25) is 0 Å². The Morgan fingerprint density at radius 1 is 0.840 bits per heavy atom. The quantitative estimate of drug-likeness (QED) is 0.505. The highest BCUT2D eigenvalue weighted by Gasteiger charge is 2.11. The second-order valence-corrected chi connectivity index (χ2v) is 5.96. The minimum absolute atomic E-state index is 0.343. The summed E-state index contributed by atoms with van der Waals surface area (Å²) in [6, 6.07) is 21.5. The number of benzene rings is 3. The Hall–Kier alpha value is -2.98. The van der Waals surface area contributed by atoms with Gasteiger partial charge in [0.05, 0.1) is 11.2 Å². The number of fused-ring (bicyclic) bond motifs is 1. The van der Waals surface area contributed by atoms with E-state index in [2.05, 4.69) is 15.3 Å². The molecule has 0 atom stereocenters. The molecular weight excluding hydrogens is 337 g/mol. The number of para-hydroxylation sites is 1. The molecule has 25 heavy (non-hydrogen) atoms. The van der Waals surface area contributed by atoms with Crippen LogP contribution in [0.3, 0.4) is 0 Å². The lowest BCUT2D eigenvalue weighted by atomic mass is 10.2. The summed E-state index contributed by atoms with van der Waals surface area (Å²) in [7, 11) is 0. The van der Waals surface area contributed by atoms with Crippen LogP contribution in [0.25, 0.3) is 22.3 Å². The van der Waals surface area contributed by atoms with Gasteiger partial charge in [-0.05, 0) is 30.3 Å². The molecule has 4 rings (SSSR count). The number of hydrogen-bond donors (Lipinski definition) is 1. The Bertz CT molecular complexity index is 1050. The van der Waals surface area contributed by atoms with Crippen LogP contribution < -0.4 is 5.32 Å². The van der Waals surface area contributed by atoms with Gasteiger partial charge in [0.25, 0.3) is 0 Å². The maximum absolute atomic E-state index is 14.0. The first-order valence-electron chi connectivity index (χ1n) is 7.75. The van der Waals surface area contributed by atoms with Crippen molar-refractivity contribution < 1.29 is 4.39 Å². The molecule has 0 spiro atoms. The third kappa shape index (κ3) is 3.16. The van der Waals surface area contributed by atoms with Crippen LogP contribution >= 0.6 is 11.6 Å². The van der Waals surface area contributed by atoms with Crippen molar-refractivity contribution in [1.29, 1.82) is 0 Å². The summed E-state index contributed by atoms with van der Waals surface area (Å²) < 4.78 is 14.0. The number of anilines is 2. The molecule has 3 aromatic carbocycles. The molecule has 0 saturated carbocycles. The monoisotopic (exact) mass is 349 g/mol. The highest BCUT2D eigenvalue weighted by atomic mass is 35.5. The van der Waals surface area contributed by atoms with E-state index in [1.54, 1.807) is 30.3 Å². The van der Waals surface area contributed by atoms with Gasteiger partial charge in [-0.25, -0.2) is 14.4 Å². The van der Waals surface area contributed by atoms with Gasteiger partial charge in [-0.1, -0.05) is 54.1 Å². The highest BCUT2D eigenvalue weighted by Crippen LogP contribution is 2.29. The molecule has 5 heteroatoms. The Labute approximate surface area is 149 Å². The SMILES string of the molecule is Fc1ccccc1Nc1nc(-c2ccccc2)nc2cc(Cl)ccc12. The summed E-state index contributed by atoms with van der Waals surface area (Å²) >= 11 is 6.11. The first-order valence-corrected chi connectivity index (χ1v) is 8.13. The van der Waals surface area contributed by atoms with Crippen LogP contribution in [-0.4, -0.2) is 9.97 Å². The van der Waals surface area contributed by atoms with E-state index in [-0.39, 0.29) is 5.82 Å². The van der Waals surface area contributed by atoms with E-state index in [0.29, 0.717) is 27.9 Å². The number of hydrogen-bond acceptors (Lipinski definition) is 3. The summed E-state index contributed by atoms with van der Waals surface area (Å²) in [4.78, 5) is 9.21. The Balaban J connectivity index is 1.91. The fraction of sp³-hybridized carbons (Fsp3) is 0. The van der Waals surface area contributed by atoms with Crippen molar-refractivity contribution in [3.05, 3.63) is 83.6 Å². The number of aromatic nitrogens is 2. The maximum Gasteiger partial charge on any atom is 0.162 e. The molecule has 3 nitrogen and oxygen atoms in total. The molecule has 0 aliphatic carbocycles. The normalized spacial score (nSPS) is 10.8. The van der Waals surface area contributed by atoms with Crippen LogP contribution in [0, 0.1) is 5.82 Å². The van der Waals surface area contributed by atoms with Crippen molar-refractivity contribution in [1.82, 2.24) is 9.97 Å². The minimum atomic E-state index is -0.343. The van der Waals surface area contributed by atoms with E-state index in [4.69, 9.17) is 11.6 Å². The van der Waals surface area contributed by atoms with E-state index < -0.39 is 0 Å². The van der Waals surface area contributed by atoms with Crippen molar-refractivity contribution in [2.45, 2.75) is 0 Å². The molecular formula is C20H13ClFN3. The lowest BCUT2D eigenvalue weighted by Gasteiger charge is -2.12. The van der Waals surface area contributed by atoms with E-state index >= 15 is 0 Å². The predicted octanol–water partition coefficient (Wildman–Crippen LogP) is 5.83. The topological polar surface area (TPSA) is 37.8 Å². The standard InChI is InChI=1S/C20H13ClFN3/c21-14-10-11-15-18(12-14)24-19(13-6-2-1-3-7-13)25-20(15)23-17-9-5-4-8-16(17)22/h1-12H,(H,23,24,25). The third-order valence-electron chi connectivity index (χ3n) is 3.82. The number of rotatable bonds is 3. The van der Waals surface area contributed by atoms with Crippen LogP contribution in [0.5, 0.6) is 0 Å². The molecule has 1 N–H and O–H groups in total. The molecule has 0 saturated heterocycles. The van der Waals surface area contributed by atoms with Crippen LogP contribution in [0.1, 0.15) is 0 Å². The van der Waals surface area contributed by atoms with Gasteiger partial charge in [0, 0.05) is 16.0 Å². The smallest absolute Gasteiger partial charge is 0.162 e. The zero-order valence-electron chi connectivity index (χ0n) is 13.1. The molecule has 0 unspecified atom stereocenters. The van der Waals surface area contributed by atoms with Crippen LogP contribution in [0.4, 0.5) is 15.9 Å². The first-order chi connectivity index (χ1) is 12.2. The summed E-state index contributed by atoms with van der Waals surface area (Å²) in [5, 5.41) is 4.43. The molecule has 0 aliphatic rings. The van der Waals surface area contributed by atoms with Crippen molar-refractivity contribution in [3.63, 3.8) is 0 Å². The second-order valence-electron chi connectivity index (χ2n) is 5.53. The van der Waals surface area contributed by atoms with Crippen molar-refractivity contribution >= 4 is 34.0 Å². The summed E-state index contributed by atoms with van der Waals surface area (Å²) in [6.45, 7) is 0. The van der Waals surface area contributed by atoms with Gasteiger partial charge in [0.15, 0.2) is 5.82 Å². The molecule has 0 aliphatic heterocycles. The fourth-order valence-electron chi connectivity index (χ4n) is 2.60. The third-order valence-corrected chi connectivity index (χ3v) is 4.05. The molecule has 0 fully saturated rings. The predicted molar refractivity (Wildman–Crippen MR) is 99.7 cm³/mol. The van der Waals surface area contributed by atoms with Crippen molar-refractivity contribution in [2.24, 2.45) is 0 Å². The van der Waals surface area contributed by atoms with Crippen molar-refractivity contribution in [3.8, 4) is 11.4 Å². The molecule has 0 radical (unpaired) electrons. The molecule has 0 amide bonds. The average molecular weight is 350 g/mol. The summed E-state index contributed by atoms with van der Waals surface area (Å²) in [5.74, 6) is 0.740. The maximum atomic E-state index is 14.0. The fourth-order valence-corrected chi connectivity index (χ4v) is 2.77. The molecule has 1 heterocycles. The van der Waals surface area contributed by atoms with E-state index in [1.165, 1.54) is 6.07 Å². The second kappa shape index (κ2) is 6.49. The van der Waals surface area contributed by atoms with E-state index in [0.717, 1.165) is 10.9 Å². The van der Waals surface area contributed by atoms with E-state index in [9.17, 15) is 4.39 Å². The van der Waals surface area contributed by atoms with Gasteiger partial charge >= 0.3 is 0 Å².